The van der Waals surface area contributed by atoms with Gasteiger partial charge in [0.15, 0.2) is 0 Å². The van der Waals surface area contributed by atoms with E-state index in [1.165, 1.54) is 7.11 Å². The summed E-state index contributed by atoms with van der Waals surface area (Å²) >= 11 is 0. The zero-order chi connectivity index (χ0) is 15.1. The quantitative estimate of drug-likeness (QED) is 0.777. The fourth-order valence-electron chi connectivity index (χ4n) is 2.01. The molecule has 0 radical (unpaired) electrons. The lowest BCUT2D eigenvalue weighted by Crippen LogP contribution is -2.31. The van der Waals surface area contributed by atoms with E-state index >= 15 is 0 Å². The average Bonchev–Trinajstić information content (AvgIpc) is 2.43. The number of benzene rings is 1. The zero-order valence-corrected chi connectivity index (χ0v) is 12.9. The molecule has 1 aromatic rings. The lowest BCUT2D eigenvalue weighted by molar-refractivity contribution is 0.0600. The monoisotopic (exact) mass is 278 g/mol. The average molecular weight is 278 g/mol. The number of hydrogen-bond acceptors (Lipinski definition) is 4. The molecule has 0 aliphatic heterocycles. The molecule has 0 aliphatic rings. The van der Waals surface area contributed by atoms with Crippen molar-refractivity contribution in [1.29, 1.82) is 0 Å². The van der Waals surface area contributed by atoms with Gasteiger partial charge in [0.25, 0.3) is 0 Å². The molecular weight excluding hydrogens is 252 g/mol. The molecule has 20 heavy (non-hydrogen) atoms. The van der Waals surface area contributed by atoms with Crippen LogP contribution >= 0.6 is 0 Å². The van der Waals surface area contributed by atoms with E-state index in [9.17, 15) is 4.79 Å². The third kappa shape index (κ3) is 5.31. The van der Waals surface area contributed by atoms with Crippen LogP contribution in [0.25, 0.3) is 0 Å². The highest BCUT2D eigenvalue weighted by atomic mass is 16.5. The topological polar surface area (TPSA) is 55.6 Å². The van der Waals surface area contributed by atoms with Gasteiger partial charge < -0.3 is 15.4 Å². The Morgan fingerprint density at radius 1 is 1.40 bits per heavy atom. The highest BCUT2D eigenvalue weighted by molar-refractivity contribution is 5.89. The lowest BCUT2D eigenvalue weighted by atomic mass is 10.0. The van der Waals surface area contributed by atoms with Crippen molar-refractivity contribution in [3.8, 4) is 0 Å². The molecule has 1 unspecified atom stereocenters. The molecule has 0 aliphatic carbocycles. The van der Waals surface area contributed by atoms with Crippen LogP contribution < -0.4 is 5.73 Å². The molecule has 0 heterocycles. The molecule has 0 saturated carbocycles. The minimum Gasteiger partial charge on any atom is -0.465 e. The molecule has 0 saturated heterocycles. The van der Waals surface area contributed by atoms with Crippen molar-refractivity contribution < 1.29 is 9.53 Å². The van der Waals surface area contributed by atoms with E-state index in [0.29, 0.717) is 11.5 Å². The van der Waals surface area contributed by atoms with Crippen LogP contribution in [0.5, 0.6) is 0 Å². The van der Waals surface area contributed by atoms with Gasteiger partial charge in [-0.15, -0.1) is 0 Å². The van der Waals surface area contributed by atoms with Gasteiger partial charge in [0, 0.05) is 12.6 Å². The van der Waals surface area contributed by atoms with Crippen LogP contribution in [0.1, 0.15) is 36.2 Å². The van der Waals surface area contributed by atoms with E-state index in [1.54, 1.807) is 6.07 Å². The van der Waals surface area contributed by atoms with Crippen molar-refractivity contribution in [2.24, 2.45) is 11.7 Å². The van der Waals surface area contributed by atoms with Crippen LogP contribution in [0.2, 0.25) is 0 Å². The number of nitrogens with two attached hydrogens (primary N) is 1. The second-order valence-electron chi connectivity index (χ2n) is 5.63. The predicted octanol–water partition coefficient (Wildman–Crippen LogP) is 2.28. The second-order valence-corrected chi connectivity index (χ2v) is 5.63. The first-order valence-corrected chi connectivity index (χ1v) is 7.05. The molecule has 4 heteroatoms. The van der Waals surface area contributed by atoms with Gasteiger partial charge in [-0.25, -0.2) is 4.79 Å². The molecule has 0 aromatic heterocycles. The molecular formula is C16H26N2O2. The van der Waals surface area contributed by atoms with Gasteiger partial charge in [-0.3, -0.25) is 0 Å². The summed E-state index contributed by atoms with van der Waals surface area (Å²) in [6.45, 7) is 6.03. The highest BCUT2D eigenvalue weighted by Crippen LogP contribution is 2.10. The Morgan fingerprint density at radius 3 is 2.70 bits per heavy atom. The molecule has 1 aromatic carbocycles. The molecule has 0 spiro atoms. The third-order valence-corrected chi connectivity index (χ3v) is 3.50. The molecule has 0 fully saturated rings. The maximum Gasteiger partial charge on any atom is 0.337 e. The molecule has 2 N–H and O–H groups in total. The van der Waals surface area contributed by atoms with Crippen molar-refractivity contribution in [3.05, 3.63) is 35.4 Å². The van der Waals surface area contributed by atoms with Crippen molar-refractivity contribution in [3.63, 3.8) is 0 Å². The summed E-state index contributed by atoms with van der Waals surface area (Å²) in [4.78, 5) is 13.7. The Kier molecular flexibility index (Phi) is 6.68. The zero-order valence-electron chi connectivity index (χ0n) is 12.9. The van der Waals surface area contributed by atoms with E-state index in [-0.39, 0.29) is 12.0 Å². The van der Waals surface area contributed by atoms with Crippen LogP contribution in [0.4, 0.5) is 0 Å². The van der Waals surface area contributed by atoms with Crippen LogP contribution in [0.3, 0.4) is 0 Å². The molecule has 1 atom stereocenters. The first-order valence-electron chi connectivity index (χ1n) is 7.05. The summed E-state index contributed by atoms with van der Waals surface area (Å²) in [6.07, 6.45) is 0.977. The summed E-state index contributed by atoms with van der Waals surface area (Å²) in [7, 11) is 3.46. The number of nitrogens with zero attached hydrogens (tertiary/aromatic N) is 1. The van der Waals surface area contributed by atoms with Gasteiger partial charge in [-0.1, -0.05) is 26.0 Å². The lowest BCUT2D eigenvalue weighted by Gasteiger charge is -2.21. The Bertz CT molecular complexity index is 432. The largest absolute Gasteiger partial charge is 0.465 e. The summed E-state index contributed by atoms with van der Waals surface area (Å²) in [6, 6.07) is 7.79. The number of hydrogen-bond donors (Lipinski definition) is 1. The number of rotatable bonds is 7. The van der Waals surface area contributed by atoms with Crippen LogP contribution in [-0.2, 0) is 11.3 Å². The summed E-state index contributed by atoms with van der Waals surface area (Å²) in [5.74, 6) is 0.211. The number of ether oxygens (including phenoxy) is 1. The second kappa shape index (κ2) is 8.02. The van der Waals surface area contributed by atoms with E-state index in [0.717, 1.165) is 25.1 Å². The Labute approximate surface area is 121 Å². The summed E-state index contributed by atoms with van der Waals surface area (Å²) in [5.41, 5.74) is 7.75. The molecule has 112 valence electrons. The van der Waals surface area contributed by atoms with E-state index in [1.807, 2.05) is 18.2 Å². The molecule has 1 rings (SSSR count). The molecule has 0 bridgehead atoms. The number of carbonyl (C=O) groups excluding carboxylic acids is 1. The maximum absolute atomic E-state index is 11.5. The summed E-state index contributed by atoms with van der Waals surface area (Å²) < 4.78 is 4.73. The molecule has 0 amide bonds. The van der Waals surface area contributed by atoms with Gasteiger partial charge >= 0.3 is 5.97 Å². The van der Waals surface area contributed by atoms with Crippen LogP contribution in [-0.4, -0.2) is 37.6 Å². The van der Waals surface area contributed by atoms with Crippen LogP contribution in [0, 0.1) is 5.92 Å². The van der Waals surface area contributed by atoms with Crippen molar-refractivity contribution in [1.82, 2.24) is 4.90 Å². The number of carbonyl (C=O) groups is 1. The fourth-order valence-corrected chi connectivity index (χ4v) is 2.01. The van der Waals surface area contributed by atoms with Gasteiger partial charge in [0.1, 0.15) is 0 Å². The van der Waals surface area contributed by atoms with Crippen molar-refractivity contribution >= 4 is 5.97 Å². The highest BCUT2D eigenvalue weighted by Gasteiger charge is 2.10. The van der Waals surface area contributed by atoms with Gasteiger partial charge in [0.2, 0.25) is 0 Å². The first-order chi connectivity index (χ1) is 9.43. The fraction of sp³-hybridized carbons (Fsp3) is 0.562. The minimum atomic E-state index is -0.295. The van der Waals surface area contributed by atoms with Crippen LogP contribution in [0.15, 0.2) is 24.3 Å². The van der Waals surface area contributed by atoms with E-state index < -0.39 is 0 Å². The van der Waals surface area contributed by atoms with Gasteiger partial charge in [-0.05, 0) is 43.6 Å². The first kappa shape index (κ1) is 16.7. The standard InChI is InChI=1S/C16H26N2O2/c1-12(2)15(17)8-9-18(3)11-13-6-5-7-14(10-13)16(19)20-4/h5-7,10,12,15H,8-9,11,17H2,1-4H3. The summed E-state index contributed by atoms with van der Waals surface area (Å²) in [5, 5.41) is 0. The maximum atomic E-state index is 11.5. The molecule has 4 nitrogen and oxygen atoms in total. The van der Waals surface area contributed by atoms with Gasteiger partial charge in [0.05, 0.1) is 12.7 Å². The van der Waals surface area contributed by atoms with Crippen molar-refractivity contribution in [2.45, 2.75) is 32.9 Å². The van der Waals surface area contributed by atoms with E-state index in [2.05, 4.69) is 25.8 Å². The van der Waals surface area contributed by atoms with E-state index in [4.69, 9.17) is 10.5 Å². The number of methoxy groups -OCH3 is 1. The Morgan fingerprint density at radius 2 is 2.10 bits per heavy atom. The Hall–Kier alpha value is -1.39. The third-order valence-electron chi connectivity index (χ3n) is 3.50. The smallest absolute Gasteiger partial charge is 0.337 e. The van der Waals surface area contributed by atoms with Crippen molar-refractivity contribution in [2.75, 3.05) is 20.7 Å². The Balaban J connectivity index is 2.53. The SMILES string of the molecule is COC(=O)c1cccc(CN(C)CCC(N)C(C)C)c1. The predicted molar refractivity (Wildman–Crippen MR) is 81.5 cm³/mol. The number of esters is 1. The normalized spacial score (nSPS) is 12.8. The van der Waals surface area contributed by atoms with Gasteiger partial charge in [-0.2, -0.15) is 0 Å². The minimum absolute atomic E-state index is 0.235.